The molecule has 2 aromatic rings. The molecule has 0 saturated carbocycles. The average molecular weight is 256 g/mol. The fourth-order valence-corrected chi connectivity index (χ4v) is 2.53. The molecular formula is C15H16N2O2. The Morgan fingerprint density at radius 1 is 1.32 bits per heavy atom. The van der Waals surface area contributed by atoms with E-state index in [2.05, 4.69) is 0 Å². The number of nitrogens with zero attached hydrogens (tertiary/aromatic N) is 1. The van der Waals surface area contributed by atoms with Crippen LogP contribution in [0.5, 0.6) is 0 Å². The summed E-state index contributed by atoms with van der Waals surface area (Å²) in [5.41, 5.74) is 9.49. The minimum Gasteiger partial charge on any atom is -0.469 e. The molecular weight excluding hydrogens is 240 g/mol. The van der Waals surface area contributed by atoms with Crippen molar-refractivity contribution in [2.75, 3.05) is 5.73 Å². The van der Waals surface area contributed by atoms with E-state index < -0.39 is 0 Å². The van der Waals surface area contributed by atoms with E-state index in [-0.39, 0.29) is 5.91 Å². The summed E-state index contributed by atoms with van der Waals surface area (Å²) in [5, 5.41) is 0. The van der Waals surface area contributed by atoms with Gasteiger partial charge in [0.15, 0.2) is 0 Å². The number of carbonyl (C=O) groups is 1. The van der Waals surface area contributed by atoms with Gasteiger partial charge in [-0.15, -0.1) is 0 Å². The highest BCUT2D eigenvalue weighted by atomic mass is 16.3. The third kappa shape index (κ3) is 1.99. The van der Waals surface area contributed by atoms with E-state index in [9.17, 15) is 4.79 Å². The lowest BCUT2D eigenvalue weighted by Gasteiger charge is -2.14. The molecule has 1 aromatic heterocycles. The van der Waals surface area contributed by atoms with Crippen LogP contribution in [0.2, 0.25) is 0 Å². The van der Waals surface area contributed by atoms with Crippen LogP contribution in [0.3, 0.4) is 0 Å². The van der Waals surface area contributed by atoms with E-state index >= 15 is 0 Å². The van der Waals surface area contributed by atoms with Crippen molar-refractivity contribution in [2.45, 2.75) is 26.4 Å². The predicted molar refractivity (Wildman–Crippen MR) is 72.5 cm³/mol. The molecule has 4 heteroatoms. The van der Waals surface area contributed by atoms with Gasteiger partial charge in [-0.25, -0.2) is 0 Å². The largest absolute Gasteiger partial charge is 0.469 e. The van der Waals surface area contributed by atoms with E-state index in [0.29, 0.717) is 18.7 Å². The lowest BCUT2D eigenvalue weighted by molar-refractivity contribution is 0.0749. The van der Waals surface area contributed by atoms with E-state index in [1.807, 2.05) is 30.0 Å². The maximum atomic E-state index is 12.5. The SMILES string of the molecule is CCc1occc1C(=O)N1Cc2ccc(N)cc2C1. The summed E-state index contributed by atoms with van der Waals surface area (Å²) in [6, 6.07) is 7.56. The highest BCUT2D eigenvalue weighted by Crippen LogP contribution is 2.27. The van der Waals surface area contributed by atoms with Crippen molar-refractivity contribution in [3.63, 3.8) is 0 Å². The van der Waals surface area contributed by atoms with Crippen LogP contribution in [-0.2, 0) is 19.5 Å². The molecule has 2 N–H and O–H groups in total. The number of nitrogen functional groups attached to an aromatic ring is 1. The van der Waals surface area contributed by atoms with Crippen molar-refractivity contribution in [3.05, 3.63) is 53.0 Å². The number of rotatable bonds is 2. The van der Waals surface area contributed by atoms with Crippen molar-refractivity contribution >= 4 is 11.6 Å². The number of nitrogens with two attached hydrogens (primary N) is 1. The molecule has 1 aliphatic rings. The van der Waals surface area contributed by atoms with Crippen LogP contribution in [0.25, 0.3) is 0 Å². The van der Waals surface area contributed by atoms with Gasteiger partial charge in [-0.1, -0.05) is 13.0 Å². The van der Waals surface area contributed by atoms with Crippen LogP contribution in [0, 0.1) is 0 Å². The first-order valence-corrected chi connectivity index (χ1v) is 6.42. The molecule has 2 heterocycles. The van der Waals surface area contributed by atoms with Gasteiger partial charge in [0, 0.05) is 25.2 Å². The van der Waals surface area contributed by atoms with Crippen LogP contribution < -0.4 is 5.73 Å². The van der Waals surface area contributed by atoms with Crippen molar-refractivity contribution in [1.29, 1.82) is 0 Å². The van der Waals surface area contributed by atoms with E-state index in [4.69, 9.17) is 10.2 Å². The number of aryl methyl sites for hydroxylation is 1. The number of hydrogen-bond acceptors (Lipinski definition) is 3. The molecule has 0 unspecified atom stereocenters. The third-order valence-corrected chi connectivity index (χ3v) is 3.54. The van der Waals surface area contributed by atoms with Crippen molar-refractivity contribution in [1.82, 2.24) is 4.90 Å². The molecule has 0 saturated heterocycles. The normalized spacial score (nSPS) is 13.6. The Kier molecular flexibility index (Phi) is 2.78. The van der Waals surface area contributed by atoms with Crippen LogP contribution in [0.4, 0.5) is 5.69 Å². The number of anilines is 1. The summed E-state index contributed by atoms with van der Waals surface area (Å²) in [4.78, 5) is 14.3. The molecule has 1 amide bonds. The Hall–Kier alpha value is -2.23. The zero-order chi connectivity index (χ0) is 13.4. The smallest absolute Gasteiger partial charge is 0.258 e. The summed E-state index contributed by atoms with van der Waals surface area (Å²) in [7, 11) is 0. The monoisotopic (exact) mass is 256 g/mol. The molecule has 0 spiro atoms. The van der Waals surface area contributed by atoms with Gasteiger partial charge in [0.05, 0.1) is 11.8 Å². The lowest BCUT2D eigenvalue weighted by Crippen LogP contribution is -2.25. The van der Waals surface area contributed by atoms with Crippen molar-refractivity contribution < 1.29 is 9.21 Å². The number of furan rings is 1. The second-order valence-corrected chi connectivity index (χ2v) is 4.80. The quantitative estimate of drug-likeness (QED) is 0.840. The number of amides is 1. The van der Waals surface area contributed by atoms with Gasteiger partial charge in [-0.05, 0) is 29.3 Å². The predicted octanol–water partition coefficient (Wildman–Crippen LogP) is 2.58. The summed E-state index contributed by atoms with van der Waals surface area (Å²) in [5.74, 6) is 0.779. The molecule has 1 aromatic carbocycles. The molecule has 98 valence electrons. The number of fused-ring (bicyclic) bond motifs is 1. The van der Waals surface area contributed by atoms with E-state index in [1.165, 1.54) is 5.56 Å². The van der Waals surface area contributed by atoms with Gasteiger partial charge < -0.3 is 15.1 Å². The average Bonchev–Trinajstić information content (AvgIpc) is 3.03. The van der Waals surface area contributed by atoms with Crippen LogP contribution in [0.1, 0.15) is 34.2 Å². The first kappa shape index (κ1) is 11.8. The molecule has 1 aliphatic heterocycles. The first-order chi connectivity index (χ1) is 9.19. The fraction of sp³-hybridized carbons (Fsp3) is 0.267. The molecule has 0 bridgehead atoms. The summed E-state index contributed by atoms with van der Waals surface area (Å²) >= 11 is 0. The first-order valence-electron chi connectivity index (χ1n) is 6.42. The Labute approximate surface area is 111 Å². The topological polar surface area (TPSA) is 59.5 Å². The van der Waals surface area contributed by atoms with Crippen molar-refractivity contribution in [2.24, 2.45) is 0 Å². The van der Waals surface area contributed by atoms with Gasteiger partial charge in [-0.2, -0.15) is 0 Å². The van der Waals surface area contributed by atoms with Gasteiger partial charge in [0.25, 0.3) is 5.91 Å². The maximum absolute atomic E-state index is 12.5. The zero-order valence-corrected chi connectivity index (χ0v) is 10.8. The Balaban J connectivity index is 1.85. The maximum Gasteiger partial charge on any atom is 0.258 e. The second-order valence-electron chi connectivity index (χ2n) is 4.80. The zero-order valence-electron chi connectivity index (χ0n) is 10.8. The minimum atomic E-state index is 0.0281. The number of carbonyl (C=O) groups excluding carboxylic acids is 1. The van der Waals surface area contributed by atoms with Crippen LogP contribution in [0.15, 0.2) is 34.9 Å². The molecule has 19 heavy (non-hydrogen) atoms. The van der Waals surface area contributed by atoms with Gasteiger partial charge in [0.2, 0.25) is 0 Å². The van der Waals surface area contributed by atoms with E-state index in [0.717, 1.165) is 23.4 Å². The third-order valence-electron chi connectivity index (χ3n) is 3.54. The highest BCUT2D eigenvalue weighted by Gasteiger charge is 2.26. The highest BCUT2D eigenvalue weighted by molar-refractivity contribution is 5.95. The fourth-order valence-electron chi connectivity index (χ4n) is 2.53. The summed E-state index contributed by atoms with van der Waals surface area (Å²) < 4.78 is 5.32. The summed E-state index contributed by atoms with van der Waals surface area (Å²) in [6.07, 6.45) is 2.30. The van der Waals surface area contributed by atoms with E-state index in [1.54, 1.807) is 12.3 Å². The molecule has 0 fully saturated rings. The van der Waals surface area contributed by atoms with Gasteiger partial charge in [-0.3, -0.25) is 4.79 Å². The summed E-state index contributed by atoms with van der Waals surface area (Å²) in [6.45, 7) is 3.24. The van der Waals surface area contributed by atoms with Crippen molar-refractivity contribution in [3.8, 4) is 0 Å². The minimum absolute atomic E-state index is 0.0281. The number of hydrogen-bond donors (Lipinski definition) is 1. The molecule has 3 rings (SSSR count). The Morgan fingerprint density at radius 3 is 2.89 bits per heavy atom. The molecule has 0 radical (unpaired) electrons. The Bertz CT molecular complexity index is 631. The van der Waals surface area contributed by atoms with Crippen LogP contribution >= 0.6 is 0 Å². The van der Waals surface area contributed by atoms with Gasteiger partial charge >= 0.3 is 0 Å². The molecule has 4 nitrogen and oxygen atoms in total. The van der Waals surface area contributed by atoms with Gasteiger partial charge in [0.1, 0.15) is 5.76 Å². The second kappa shape index (κ2) is 4.46. The molecule has 0 atom stereocenters. The number of benzene rings is 1. The molecule has 0 aliphatic carbocycles. The standard InChI is InChI=1S/C15H16N2O2/c1-2-14-13(5-6-19-14)15(18)17-8-10-3-4-12(16)7-11(10)9-17/h3-7H,2,8-9,16H2,1H3. The van der Waals surface area contributed by atoms with Crippen LogP contribution in [-0.4, -0.2) is 10.8 Å². The Morgan fingerprint density at radius 2 is 2.11 bits per heavy atom. The lowest BCUT2D eigenvalue weighted by atomic mass is 10.1.